The molecule has 2 atom stereocenters. The highest BCUT2D eigenvalue weighted by atomic mass is 32.1. The Morgan fingerprint density at radius 3 is 2.80 bits per heavy atom. The Morgan fingerprint density at radius 1 is 1.25 bits per heavy atom. The standard InChI is InChI=1S/C16H21N3S/c1-10-11(2)19-15-13(9-18(10)8-12-6-7-12)4-3-5-14(15)17-16(19)20/h3-5,10-12H,6-9H2,1-2H3,(H,17,20)/t10-,11-/m0/s1. The van der Waals surface area contributed by atoms with E-state index in [-0.39, 0.29) is 0 Å². The van der Waals surface area contributed by atoms with Crippen LogP contribution in [0.1, 0.15) is 38.3 Å². The Labute approximate surface area is 124 Å². The zero-order valence-electron chi connectivity index (χ0n) is 12.1. The van der Waals surface area contributed by atoms with Crippen molar-refractivity contribution in [3.8, 4) is 0 Å². The van der Waals surface area contributed by atoms with Crippen LogP contribution in [0.15, 0.2) is 18.2 Å². The highest BCUT2D eigenvalue weighted by Gasteiger charge is 2.32. The fourth-order valence-electron chi connectivity index (χ4n) is 3.52. The maximum atomic E-state index is 5.56. The molecule has 1 aliphatic carbocycles. The van der Waals surface area contributed by atoms with Crippen molar-refractivity contribution < 1.29 is 0 Å². The Balaban J connectivity index is 1.87. The number of rotatable bonds is 2. The Morgan fingerprint density at radius 2 is 2.05 bits per heavy atom. The smallest absolute Gasteiger partial charge is 0.178 e. The number of imidazole rings is 1. The van der Waals surface area contributed by atoms with E-state index in [4.69, 9.17) is 12.2 Å². The molecule has 2 aliphatic rings. The molecule has 1 N–H and O–H groups in total. The van der Waals surface area contributed by atoms with Crippen molar-refractivity contribution in [2.75, 3.05) is 6.54 Å². The number of hydrogen-bond donors (Lipinski definition) is 1. The van der Waals surface area contributed by atoms with E-state index in [1.165, 1.54) is 36.0 Å². The van der Waals surface area contributed by atoms with Crippen LogP contribution >= 0.6 is 12.2 Å². The van der Waals surface area contributed by atoms with Crippen LogP contribution in [0.4, 0.5) is 0 Å². The van der Waals surface area contributed by atoms with Crippen molar-refractivity contribution in [3.63, 3.8) is 0 Å². The van der Waals surface area contributed by atoms with E-state index in [0.29, 0.717) is 12.1 Å². The van der Waals surface area contributed by atoms with Gasteiger partial charge in [0.15, 0.2) is 4.77 Å². The van der Waals surface area contributed by atoms with E-state index in [2.05, 4.69) is 46.5 Å². The van der Waals surface area contributed by atoms with Gasteiger partial charge in [0.1, 0.15) is 0 Å². The maximum Gasteiger partial charge on any atom is 0.178 e. The third kappa shape index (κ3) is 1.85. The average Bonchev–Trinajstić information content (AvgIpc) is 3.18. The summed E-state index contributed by atoms with van der Waals surface area (Å²) >= 11 is 5.56. The molecule has 1 fully saturated rings. The predicted molar refractivity (Wildman–Crippen MR) is 84.4 cm³/mol. The molecule has 4 rings (SSSR count). The summed E-state index contributed by atoms with van der Waals surface area (Å²) in [6.07, 6.45) is 2.82. The number of H-pyrrole nitrogens is 1. The molecule has 1 aliphatic heterocycles. The van der Waals surface area contributed by atoms with Crippen molar-refractivity contribution in [1.29, 1.82) is 0 Å². The molecule has 20 heavy (non-hydrogen) atoms. The van der Waals surface area contributed by atoms with Gasteiger partial charge in [-0.3, -0.25) is 4.90 Å². The van der Waals surface area contributed by atoms with Crippen LogP contribution in [0.3, 0.4) is 0 Å². The van der Waals surface area contributed by atoms with E-state index < -0.39 is 0 Å². The van der Waals surface area contributed by atoms with Crippen molar-refractivity contribution >= 4 is 23.3 Å². The SMILES string of the molecule is C[C@H]1[C@H](C)n2c(=S)[nH]c3cccc(c32)CN1CC1CC1. The number of para-hydroxylation sites is 1. The molecule has 2 heterocycles. The molecule has 1 aromatic carbocycles. The zero-order valence-corrected chi connectivity index (χ0v) is 12.9. The largest absolute Gasteiger partial charge is 0.331 e. The first-order valence-corrected chi connectivity index (χ1v) is 8.02. The third-order valence-electron chi connectivity index (χ3n) is 5.07. The van der Waals surface area contributed by atoms with Gasteiger partial charge in [0, 0.05) is 25.2 Å². The molecular weight excluding hydrogens is 266 g/mol. The minimum atomic E-state index is 0.415. The van der Waals surface area contributed by atoms with Crippen LogP contribution in [-0.4, -0.2) is 27.0 Å². The first-order valence-electron chi connectivity index (χ1n) is 7.61. The number of nitrogens with one attached hydrogen (secondary N) is 1. The Hall–Kier alpha value is -1.13. The summed E-state index contributed by atoms with van der Waals surface area (Å²) in [7, 11) is 0. The summed E-state index contributed by atoms with van der Waals surface area (Å²) in [4.78, 5) is 6.02. The summed E-state index contributed by atoms with van der Waals surface area (Å²) in [6.45, 7) is 6.93. The van der Waals surface area contributed by atoms with Gasteiger partial charge in [-0.25, -0.2) is 0 Å². The van der Waals surface area contributed by atoms with Gasteiger partial charge >= 0.3 is 0 Å². The summed E-state index contributed by atoms with van der Waals surface area (Å²) in [5, 5.41) is 0. The lowest BCUT2D eigenvalue weighted by Crippen LogP contribution is -2.37. The van der Waals surface area contributed by atoms with E-state index in [9.17, 15) is 0 Å². The number of aromatic nitrogens is 2. The van der Waals surface area contributed by atoms with Gasteiger partial charge in [-0.2, -0.15) is 0 Å². The lowest BCUT2D eigenvalue weighted by molar-refractivity contribution is 0.156. The Kier molecular flexibility index (Phi) is 2.79. The van der Waals surface area contributed by atoms with E-state index >= 15 is 0 Å². The first kappa shape index (κ1) is 12.6. The Bertz CT molecular complexity index is 710. The topological polar surface area (TPSA) is 24.0 Å². The lowest BCUT2D eigenvalue weighted by Gasteiger charge is -2.31. The summed E-state index contributed by atoms with van der Waals surface area (Å²) in [5.41, 5.74) is 3.90. The molecule has 2 aromatic rings. The normalized spacial score (nSPS) is 26.9. The molecule has 0 unspecified atom stereocenters. The van der Waals surface area contributed by atoms with E-state index in [1.54, 1.807) is 0 Å². The number of aromatic amines is 1. The molecule has 4 heteroatoms. The summed E-state index contributed by atoms with van der Waals surface area (Å²) in [5.74, 6) is 0.927. The van der Waals surface area contributed by atoms with Crippen LogP contribution in [0, 0.1) is 10.7 Å². The van der Waals surface area contributed by atoms with Crippen LogP contribution in [0.5, 0.6) is 0 Å². The quantitative estimate of drug-likeness (QED) is 0.848. The van der Waals surface area contributed by atoms with Gasteiger partial charge in [0.05, 0.1) is 11.0 Å². The molecule has 0 radical (unpaired) electrons. The minimum absolute atomic E-state index is 0.415. The first-order chi connectivity index (χ1) is 9.65. The molecule has 0 amide bonds. The number of hydrogen-bond acceptors (Lipinski definition) is 2. The summed E-state index contributed by atoms with van der Waals surface area (Å²) < 4.78 is 3.19. The molecule has 1 saturated carbocycles. The highest BCUT2D eigenvalue weighted by Crippen LogP contribution is 2.35. The van der Waals surface area contributed by atoms with Crippen molar-refractivity contribution in [2.45, 2.75) is 45.3 Å². The third-order valence-corrected chi connectivity index (χ3v) is 5.36. The second-order valence-electron chi connectivity index (χ2n) is 6.47. The van der Waals surface area contributed by atoms with E-state index in [1.807, 2.05) is 0 Å². The van der Waals surface area contributed by atoms with Crippen molar-refractivity contribution in [1.82, 2.24) is 14.5 Å². The van der Waals surface area contributed by atoms with Gasteiger partial charge in [0.2, 0.25) is 0 Å². The second-order valence-corrected chi connectivity index (χ2v) is 6.85. The van der Waals surface area contributed by atoms with Crippen LogP contribution < -0.4 is 0 Å². The van der Waals surface area contributed by atoms with E-state index in [0.717, 1.165) is 17.2 Å². The van der Waals surface area contributed by atoms with Gasteiger partial charge < -0.3 is 9.55 Å². The van der Waals surface area contributed by atoms with Crippen LogP contribution in [0.2, 0.25) is 0 Å². The molecular formula is C16H21N3S. The monoisotopic (exact) mass is 287 g/mol. The molecule has 3 nitrogen and oxygen atoms in total. The molecule has 106 valence electrons. The fraction of sp³-hybridized carbons (Fsp3) is 0.562. The van der Waals surface area contributed by atoms with Gasteiger partial charge in [0.25, 0.3) is 0 Å². The average molecular weight is 287 g/mol. The summed E-state index contributed by atoms with van der Waals surface area (Å²) in [6, 6.07) is 7.47. The molecule has 0 bridgehead atoms. The predicted octanol–water partition coefficient (Wildman–Crippen LogP) is 3.87. The van der Waals surface area contributed by atoms with Crippen LogP contribution in [-0.2, 0) is 6.54 Å². The highest BCUT2D eigenvalue weighted by molar-refractivity contribution is 7.71. The van der Waals surface area contributed by atoms with Crippen molar-refractivity contribution in [2.24, 2.45) is 5.92 Å². The van der Waals surface area contributed by atoms with Gasteiger partial charge in [-0.15, -0.1) is 0 Å². The minimum Gasteiger partial charge on any atom is -0.331 e. The lowest BCUT2D eigenvalue weighted by atomic mass is 10.1. The van der Waals surface area contributed by atoms with Gasteiger partial charge in [-0.1, -0.05) is 12.1 Å². The molecule has 1 aromatic heterocycles. The second kappa shape index (κ2) is 4.43. The zero-order chi connectivity index (χ0) is 13.9. The van der Waals surface area contributed by atoms with Crippen molar-refractivity contribution in [3.05, 3.63) is 28.5 Å². The maximum absolute atomic E-state index is 5.56. The fourth-order valence-corrected chi connectivity index (χ4v) is 3.88. The number of nitrogens with zero attached hydrogens (tertiary/aromatic N) is 2. The number of benzene rings is 1. The molecule has 0 spiro atoms. The molecule has 0 saturated heterocycles. The van der Waals surface area contributed by atoms with Gasteiger partial charge in [-0.05, 0) is 56.5 Å². The van der Waals surface area contributed by atoms with Crippen LogP contribution in [0.25, 0.3) is 11.0 Å².